The summed E-state index contributed by atoms with van der Waals surface area (Å²) in [5.74, 6) is 0.781. The number of fused-ring (bicyclic) bond motifs is 1. The van der Waals surface area contributed by atoms with Gasteiger partial charge in [0.25, 0.3) is 0 Å². The molecule has 2 nitrogen and oxygen atoms in total. The summed E-state index contributed by atoms with van der Waals surface area (Å²) in [6, 6.07) is 2.68. The van der Waals surface area contributed by atoms with Crippen LogP contribution < -0.4 is 5.32 Å². The van der Waals surface area contributed by atoms with E-state index in [1.54, 1.807) is 11.8 Å². The monoisotopic (exact) mass is 271 g/mol. The van der Waals surface area contributed by atoms with E-state index >= 15 is 0 Å². The number of thioether (sulfide) groups is 1. The maximum atomic E-state index is 10.2. The van der Waals surface area contributed by atoms with Gasteiger partial charge in [0.2, 0.25) is 0 Å². The summed E-state index contributed by atoms with van der Waals surface area (Å²) in [6.07, 6.45) is 5.72. The van der Waals surface area contributed by atoms with Gasteiger partial charge in [-0.1, -0.05) is 0 Å². The van der Waals surface area contributed by atoms with Crippen LogP contribution >= 0.6 is 23.1 Å². The van der Waals surface area contributed by atoms with Crippen LogP contribution in [0.5, 0.6) is 0 Å². The molecule has 0 bridgehead atoms. The SMILES string of the molecule is CSCC(C)(O)CNC1CCCc2sccc21. The standard InChI is InChI=1S/C13H21NOS2/c1-13(15,9-16-2)8-14-11-4-3-5-12-10(11)6-7-17-12/h6-7,11,14-15H,3-5,8-9H2,1-2H3. The molecule has 0 fully saturated rings. The van der Waals surface area contributed by atoms with Crippen LogP contribution in [0.25, 0.3) is 0 Å². The Morgan fingerprint density at radius 1 is 1.65 bits per heavy atom. The molecule has 2 atom stereocenters. The average molecular weight is 271 g/mol. The number of nitrogens with one attached hydrogen (secondary N) is 1. The minimum Gasteiger partial charge on any atom is -0.388 e. The first-order valence-corrected chi connectivity index (χ1v) is 8.41. The Hall–Kier alpha value is -0.0300. The lowest BCUT2D eigenvalue weighted by Gasteiger charge is -2.29. The number of aliphatic hydroxyl groups is 1. The van der Waals surface area contributed by atoms with Crippen molar-refractivity contribution in [3.05, 3.63) is 21.9 Å². The first-order valence-electron chi connectivity index (χ1n) is 6.13. The predicted octanol–water partition coefficient (Wildman–Crippen LogP) is 2.83. The summed E-state index contributed by atoms with van der Waals surface area (Å²) in [6.45, 7) is 2.58. The van der Waals surface area contributed by atoms with Gasteiger partial charge in [0.05, 0.1) is 5.60 Å². The number of thiophene rings is 1. The van der Waals surface area contributed by atoms with E-state index in [0.29, 0.717) is 12.6 Å². The fraction of sp³-hybridized carbons (Fsp3) is 0.692. The molecule has 0 amide bonds. The van der Waals surface area contributed by atoms with Crippen LogP contribution in [-0.4, -0.2) is 29.3 Å². The molecule has 0 spiro atoms. The molecule has 1 aliphatic rings. The Balaban J connectivity index is 1.93. The molecule has 0 aromatic carbocycles. The average Bonchev–Trinajstić information content (AvgIpc) is 2.74. The van der Waals surface area contributed by atoms with Crippen molar-refractivity contribution < 1.29 is 5.11 Å². The van der Waals surface area contributed by atoms with E-state index in [1.807, 2.05) is 24.5 Å². The molecule has 1 aromatic heterocycles. The highest BCUT2D eigenvalue weighted by atomic mass is 32.2. The number of aryl methyl sites for hydroxylation is 1. The van der Waals surface area contributed by atoms with Gasteiger partial charge in [-0.15, -0.1) is 11.3 Å². The second-order valence-corrected chi connectivity index (χ2v) is 6.92. The second-order valence-electron chi connectivity index (χ2n) is 5.05. The predicted molar refractivity (Wildman–Crippen MR) is 77.0 cm³/mol. The molecular weight excluding hydrogens is 250 g/mol. The lowest BCUT2D eigenvalue weighted by Crippen LogP contribution is -2.41. The van der Waals surface area contributed by atoms with Crippen molar-refractivity contribution >= 4 is 23.1 Å². The summed E-state index contributed by atoms with van der Waals surface area (Å²) >= 11 is 3.56. The largest absolute Gasteiger partial charge is 0.388 e. The van der Waals surface area contributed by atoms with Crippen LogP contribution in [-0.2, 0) is 6.42 Å². The van der Waals surface area contributed by atoms with Crippen LogP contribution in [0, 0.1) is 0 Å². The molecule has 1 heterocycles. The van der Waals surface area contributed by atoms with Crippen LogP contribution in [0.15, 0.2) is 11.4 Å². The summed E-state index contributed by atoms with van der Waals surface area (Å²) in [4.78, 5) is 1.53. The highest BCUT2D eigenvalue weighted by molar-refractivity contribution is 7.98. The van der Waals surface area contributed by atoms with E-state index in [4.69, 9.17) is 0 Å². The summed E-state index contributed by atoms with van der Waals surface area (Å²) in [5.41, 5.74) is 0.855. The van der Waals surface area contributed by atoms with E-state index in [2.05, 4.69) is 16.8 Å². The first-order chi connectivity index (χ1) is 8.12. The normalized spacial score (nSPS) is 23.1. The van der Waals surface area contributed by atoms with Crippen molar-refractivity contribution in [3.8, 4) is 0 Å². The first kappa shape index (κ1) is 13.4. The number of hydrogen-bond donors (Lipinski definition) is 2. The van der Waals surface area contributed by atoms with Crippen LogP contribution in [0.4, 0.5) is 0 Å². The fourth-order valence-electron chi connectivity index (χ4n) is 2.40. The third-order valence-corrected chi connectivity index (χ3v) is 5.14. The topological polar surface area (TPSA) is 32.3 Å². The van der Waals surface area contributed by atoms with E-state index < -0.39 is 5.60 Å². The molecule has 2 N–H and O–H groups in total. The fourth-order valence-corrected chi connectivity index (χ4v) is 4.11. The van der Waals surface area contributed by atoms with Gasteiger partial charge in [-0.3, -0.25) is 0 Å². The minimum absolute atomic E-state index is 0.443. The zero-order chi connectivity index (χ0) is 12.3. The van der Waals surface area contributed by atoms with Gasteiger partial charge in [-0.2, -0.15) is 11.8 Å². The van der Waals surface area contributed by atoms with Crippen LogP contribution in [0.3, 0.4) is 0 Å². The molecular formula is C13H21NOS2. The van der Waals surface area contributed by atoms with Crippen molar-refractivity contribution in [3.63, 3.8) is 0 Å². The van der Waals surface area contributed by atoms with Crippen LogP contribution in [0.1, 0.15) is 36.2 Å². The van der Waals surface area contributed by atoms with E-state index in [1.165, 1.54) is 29.7 Å². The van der Waals surface area contributed by atoms with Gasteiger partial charge in [0.1, 0.15) is 0 Å². The smallest absolute Gasteiger partial charge is 0.0833 e. The minimum atomic E-state index is -0.604. The maximum Gasteiger partial charge on any atom is 0.0833 e. The molecule has 1 aromatic rings. The van der Waals surface area contributed by atoms with Crippen molar-refractivity contribution in [2.75, 3.05) is 18.6 Å². The van der Waals surface area contributed by atoms with Gasteiger partial charge in [0, 0.05) is 23.2 Å². The Labute approximate surface area is 112 Å². The second kappa shape index (κ2) is 5.74. The molecule has 17 heavy (non-hydrogen) atoms. The number of hydrogen-bond acceptors (Lipinski definition) is 4. The highest BCUT2D eigenvalue weighted by Gasteiger charge is 2.25. The lowest BCUT2D eigenvalue weighted by atomic mass is 9.93. The summed E-state index contributed by atoms with van der Waals surface area (Å²) in [7, 11) is 0. The van der Waals surface area contributed by atoms with Crippen molar-refractivity contribution in [1.82, 2.24) is 5.32 Å². The van der Waals surface area contributed by atoms with Crippen LogP contribution in [0.2, 0.25) is 0 Å². The third-order valence-electron chi connectivity index (χ3n) is 3.24. The molecule has 0 saturated heterocycles. The Morgan fingerprint density at radius 2 is 2.47 bits per heavy atom. The summed E-state index contributed by atoms with van der Waals surface area (Å²) < 4.78 is 0. The quantitative estimate of drug-likeness (QED) is 0.864. The Kier molecular flexibility index (Phi) is 4.53. The molecule has 1 aliphatic carbocycles. The van der Waals surface area contributed by atoms with Crippen molar-refractivity contribution in [2.24, 2.45) is 0 Å². The van der Waals surface area contributed by atoms with E-state index in [-0.39, 0.29) is 0 Å². The lowest BCUT2D eigenvalue weighted by molar-refractivity contribution is 0.0806. The molecule has 4 heteroatoms. The van der Waals surface area contributed by atoms with Gasteiger partial charge >= 0.3 is 0 Å². The van der Waals surface area contributed by atoms with Crippen molar-refractivity contribution in [1.29, 1.82) is 0 Å². The maximum absolute atomic E-state index is 10.2. The van der Waals surface area contributed by atoms with E-state index in [9.17, 15) is 5.11 Å². The van der Waals surface area contributed by atoms with Gasteiger partial charge in [-0.25, -0.2) is 0 Å². The molecule has 2 rings (SSSR count). The Morgan fingerprint density at radius 3 is 3.24 bits per heavy atom. The highest BCUT2D eigenvalue weighted by Crippen LogP contribution is 2.33. The summed E-state index contributed by atoms with van der Waals surface area (Å²) in [5, 5.41) is 15.9. The zero-order valence-corrected chi connectivity index (χ0v) is 12.2. The molecule has 0 aliphatic heterocycles. The zero-order valence-electron chi connectivity index (χ0n) is 10.5. The van der Waals surface area contributed by atoms with Crippen molar-refractivity contribution in [2.45, 2.75) is 37.8 Å². The van der Waals surface area contributed by atoms with Gasteiger partial charge < -0.3 is 10.4 Å². The third kappa shape index (κ3) is 3.47. The Bertz CT molecular complexity index is 362. The van der Waals surface area contributed by atoms with E-state index in [0.717, 1.165) is 5.75 Å². The van der Waals surface area contributed by atoms with Gasteiger partial charge in [0.15, 0.2) is 0 Å². The number of rotatable bonds is 5. The molecule has 0 radical (unpaired) electrons. The molecule has 96 valence electrons. The molecule has 2 unspecified atom stereocenters. The molecule has 0 saturated carbocycles. The van der Waals surface area contributed by atoms with Gasteiger partial charge in [-0.05, 0) is 49.5 Å².